The Balaban J connectivity index is 2.57. The second-order valence-electron chi connectivity index (χ2n) is 19.0. The van der Waals surface area contributed by atoms with E-state index < -0.39 is 113 Å². The Kier molecular flexibility index (Phi) is 28.3. The van der Waals surface area contributed by atoms with Crippen LogP contribution in [0.1, 0.15) is 87.0 Å². The second-order valence-corrected chi connectivity index (χ2v) is 19.0. The zero-order valence-electron chi connectivity index (χ0n) is 45.5. The fourth-order valence-electron chi connectivity index (χ4n) is 7.73. The van der Waals surface area contributed by atoms with Gasteiger partial charge in [-0.1, -0.05) is 27.7 Å². The number of carbonyl (C=O) groups is 8. The molecule has 0 spiro atoms. The molecular weight excluding hydrogens is 1020 g/mol. The summed E-state index contributed by atoms with van der Waals surface area (Å²) in [7, 11) is 1.10. The number of rotatable bonds is 34. The van der Waals surface area contributed by atoms with E-state index in [0.717, 1.165) is 12.0 Å². The number of hydrogen-bond donors (Lipinski definition) is 10. The first-order chi connectivity index (χ1) is 36.7. The minimum absolute atomic E-state index is 0.0116. The van der Waals surface area contributed by atoms with E-state index >= 15 is 0 Å². The molecule has 2 aromatic rings. The second kappa shape index (κ2) is 33.3. The van der Waals surface area contributed by atoms with Crippen molar-refractivity contribution in [2.75, 3.05) is 44.8 Å². The van der Waals surface area contributed by atoms with Gasteiger partial charge in [-0.25, -0.2) is 9.59 Å². The molecule has 6 amide bonds. The first-order valence-corrected chi connectivity index (χ1v) is 25.4. The van der Waals surface area contributed by atoms with Crippen molar-refractivity contribution in [3.05, 3.63) is 58.6 Å². The predicted molar refractivity (Wildman–Crippen MR) is 286 cm³/mol. The number of carbonyl (C=O) groups excluding carboxylic acids is 8. The Morgan fingerprint density at radius 2 is 1.35 bits per heavy atom. The van der Waals surface area contributed by atoms with Gasteiger partial charge in [-0.3, -0.25) is 43.9 Å². The number of likely N-dealkylation sites (N-methyl/N-ethyl adjacent to an activating group) is 1. The van der Waals surface area contributed by atoms with E-state index in [4.69, 9.17) is 32.4 Å². The topological polar surface area (TPSA) is 434 Å². The summed E-state index contributed by atoms with van der Waals surface area (Å²) in [5.41, 5.74) is 23.2. The number of aliphatic imine (C=N–C) groups is 1. The van der Waals surface area contributed by atoms with Crippen LogP contribution in [-0.4, -0.2) is 162 Å². The molecule has 2 rings (SSSR count). The zero-order valence-corrected chi connectivity index (χ0v) is 45.5. The number of nitro groups is 1. The maximum absolute atomic E-state index is 14.9. The van der Waals surface area contributed by atoms with Gasteiger partial charge in [-0.05, 0) is 94.7 Å². The summed E-state index contributed by atoms with van der Waals surface area (Å²) in [6.45, 7) is 10.6. The molecule has 78 heavy (non-hydrogen) atoms. The molecule has 0 saturated carbocycles. The molecule has 0 saturated heterocycles. The number of primary amides is 1. The molecule has 0 radical (unpaired) electrons. The Morgan fingerprint density at radius 3 is 1.85 bits per heavy atom. The highest BCUT2D eigenvalue weighted by Crippen LogP contribution is 2.25. The number of esters is 2. The third-order valence-corrected chi connectivity index (χ3v) is 11.9. The van der Waals surface area contributed by atoms with Gasteiger partial charge in [0.15, 0.2) is 5.96 Å². The Hall–Kier alpha value is -7.85. The number of nitrogens with one attached hydrogen (secondary N) is 4. The van der Waals surface area contributed by atoms with Crippen LogP contribution in [0.25, 0.3) is 0 Å². The molecule has 0 unspecified atom stereocenters. The summed E-state index contributed by atoms with van der Waals surface area (Å²) < 4.78 is 10.6. The molecular formula is C50H78N14O14. The highest BCUT2D eigenvalue weighted by atomic mass is 16.6. The van der Waals surface area contributed by atoms with Gasteiger partial charge in [0.1, 0.15) is 42.4 Å². The van der Waals surface area contributed by atoms with E-state index in [9.17, 15) is 58.7 Å². The number of benzene rings is 2. The van der Waals surface area contributed by atoms with Gasteiger partial charge in [-0.2, -0.15) is 10.2 Å². The van der Waals surface area contributed by atoms with Gasteiger partial charge < -0.3 is 73.7 Å². The van der Waals surface area contributed by atoms with Gasteiger partial charge in [0.05, 0.1) is 36.1 Å². The average Bonchev–Trinajstić information content (AvgIpc) is 3.39. The van der Waals surface area contributed by atoms with E-state index in [0.29, 0.717) is 23.6 Å². The third kappa shape index (κ3) is 22.4. The number of aliphatic hydroxyl groups is 2. The van der Waals surface area contributed by atoms with Crippen LogP contribution in [-0.2, 0) is 47.8 Å². The Labute approximate surface area is 453 Å². The van der Waals surface area contributed by atoms with E-state index in [1.165, 1.54) is 38.1 Å². The van der Waals surface area contributed by atoms with Crippen LogP contribution >= 0.6 is 0 Å². The summed E-state index contributed by atoms with van der Waals surface area (Å²) in [5, 5.41) is 50.7. The standard InChI is InChI=1S/C50H78N14O14/c1-9-62(34-19-15-32(16-20-34)60-61-33-17-21-35(22-18-33)64(75)76)24-25-63(47(72)38(26-28(2)3)57-44(69)36(51)27-65)43(30(6)66)46(71)59-41(29(4)5)49(74)78-31(7)42(58-40(68)14-10-13-39(52)67)45(70)56-37(48(73)77-8)12-11-23-55-50(53)54/h15-22,28-31,36-38,41-43,65-66H,9-14,23-27,51H2,1-8H3,(H2,52,67)(H,56,70)(H,57,69)(H,58,68)(H,59,71)(H4,53,54,55)/t30-,31-,36+,37+,38+,41+,42+,43+/m1/s1. The van der Waals surface area contributed by atoms with Crippen LogP contribution in [0.15, 0.2) is 63.8 Å². The van der Waals surface area contributed by atoms with E-state index in [-0.39, 0.29) is 75.7 Å². The van der Waals surface area contributed by atoms with Crippen molar-refractivity contribution in [1.29, 1.82) is 0 Å². The van der Waals surface area contributed by atoms with Gasteiger partial charge in [-0.15, -0.1) is 0 Å². The number of azo groups is 1. The van der Waals surface area contributed by atoms with Crippen molar-refractivity contribution < 1.29 is 63.0 Å². The highest BCUT2D eigenvalue weighted by molar-refractivity contribution is 5.95. The number of nitro benzene ring substituents is 1. The number of aliphatic hydroxyl groups excluding tert-OH is 2. The predicted octanol–water partition coefficient (Wildman–Crippen LogP) is 0.189. The lowest BCUT2D eigenvalue weighted by Gasteiger charge is -2.38. The van der Waals surface area contributed by atoms with Gasteiger partial charge in [0.25, 0.3) is 5.69 Å². The molecule has 14 N–H and O–H groups in total. The van der Waals surface area contributed by atoms with Crippen LogP contribution in [0.3, 0.4) is 0 Å². The molecule has 28 heteroatoms. The number of amides is 6. The molecule has 0 fully saturated rings. The first-order valence-electron chi connectivity index (χ1n) is 25.4. The lowest BCUT2D eigenvalue weighted by molar-refractivity contribution is -0.384. The van der Waals surface area contributed by atoms with Gasteiger partial charge >= 0.3 is 11.9 Å². The molecule has 0 aliphatic heterocycles. The number of nitrogens with zero attached hydrogens (tertiary/aromatic N) is 6. The summed E-state index contributed by atoms with van der Waals surface area (Å²) in [4.78, 5) is 125. The molecule has 0 bridgehead atoms. The molecule has 0 aromatic heterocycles. The van der Waals surface area contributed by atoms with Crippen LogP contribution in [0.4, 0.5) is 22.7 Å². The van der Waals surface area contributed by atoms with Crippen LogP contribution in [0.5, 0.6) is 0 Å². The summed E-state index contributed by atoms with van der Waals surface area (Å²) in [6.07, 6.45) is -3.30. The lowest BCUT2D eigenvalue weighted by atomic mass is 9.99. The van der Waals surface area contributed by atoms with Crippen molar-refractivity contribution in [1.82, 2.24) is 26.2 Å². The quantitative estimate of drug-likeness (QED) is 0.00850. The van der Waals surface area contributed by atoms with Crippen molar-refractivity contribution in [2.45, 2.75) is 135 Å². The van der Waals surface area contributed by atoms with Crippen molar-refractivity contribution >= 4 is 76.1 Å². The number of ether oxygens (including phenoxy) is 2. The van der Waals surface area contributed by atoms with E-state index in [1.807, 2.05) is 11.8 Å². The number of nitrogens with two attached hydrogens (primary N) is 4. The molecule has 0 heterocycles. The average molecular weight is 1100 g/mol. The van der Waals surface area contributed by atoms with Crippen LogP contribution < -0.4 is 49.1 Å². The Morgan fingerprint density at radius 1 is 0.756 bits per heavy atom. The maximum Gasteiger partial charge on any atom is 0.329 e. The van der Waals surface area contributed by atoms with Crippen molar-refractivity contribution in [3.8, 4) is 0 Å². The number of hydrogen-bond acceptors (Lipinski definition) is 19. The summed E-state index contributed by atoms with van der Waals surface area (Å²) in [5.74, 6) is -8.20. The summed E-state index contributed by atoms with van der Waals surface area (Å²) >= 11 is 0. The molecule has 8 atom stereocenters. The lowest BCUT2D eigenvalue weighted by Crippen LogP contribution is -2.63. The zero-order chi connectivity index (χ0) is 58.8. The minimum Gasteiger partial charge on any atom is -0.467 e. The number of guanidine groups is 1. The summed E-state index contributed by atoms with van der Waals surface area (Å²) in [6, 6.07) is 3.38. The largest absolute Gasteiger partial charge is 0.467 e. The van der Waals surface area contributed by atoms with Gasteiger partial charge in [0, 0.05) is 56.8 Å². The third-order valence-electron chi connectivity index (χ3n) is 11.9. The first kappa shape index (κ1) is 66.3. The van der Waals surface area contributed by atoms with Gasteiger partial charge in [0.2, 0.25) is 35.4 Å². The minimum atomic E-state index is -1.73. The number of non-ortho nitro benzene ring substituents is 1. The monoisotopic (exact) mass is 1100 g/mol. The maximum atomic E-state index is 14.9. The number of methoxy groups -OCH3 is 1. The smallest absolute Gasteiger partial charge is 0.329 e. The number of anilines is 1. The van der Waals surface area contributed by atoms with Crippen LogP contribution in [0.2, 0.25) is 0 Å². The molecule has 2 aromatic carbocycles. The van der Waals surface area contributed by atoms with Crippen molar-refractivity contribution in [3.63, 3.8) is 0 Å². The SMILES string of the molecule is CCN(CCN(C(=O)[C@H](CC(C)C)NC(=O)[C@@H](N)CO)[C@H](C(=O)N[C@H](C(=O)O[C@H](C)[C@H](NC(=O)CCCC(N)=O)C(=O)N[C@@H](CCCN=C(N)N)C(=O)OC)C(C)C)[C@@H](C)O)c1ccc(N=Nc2ccc([N+](=O)[O-])cc2)cc1. The fraction of sp³-hybridized carbons (Fsp3) is 0.580. The Bertz CT molecular complexity index is 2380. The van der Waals surface area contributed by atoms with E-state index in [2.05, 4.69) is 36.5 Å². The van der Waals surface area contributed by atoms with Crippen LogP contribution in [0, 0.1) is 22.0 Å². The normalized spacial score (nSPS) is 14.3. The molecule has 0 aliphatic rings. The fourth-order valence-corrected chi connectivity index (χ4v) is 7.73. The molecule has 28 nitrogen and oxygen atoms in total. The molecule has 0 aliphatic carbocycles. The van der Waals surface area contributed by atoms with E-state index in [1.54, 1.807) is 52.0 Å². The highest BCUT2D eigenvalue weighted by Gasteiger charge is 2.41. The molecule has 432 valence electrons. The van der Waals surface area contributed by atoms with Crippen molar-refractivity contribution in [2.24, 2.45) is 50.0 Å².